The highest BCUT2D eigenvalue weighted by Crippen LogP contribution is 2.36. The molecule has 2 aliphatic rings. The van der Waals surface area contributed by atoms with E-state index in [0.29, 0.717) is 24.5 Å². The summed E-state index contributed by atoms with van der Waals surface area (Å²) in [6.45, 7) is 0.655. The summed E-state index contributed by atoms with van der Waals surface area (Å²) in [7, 11) is 0. The fourth-order valence-corrected chi connectivity index (χ4v) is 2.04. The van der Waals surface area contributed by atoms with Crippen LogP contribution in [0.2, 0.25) is 0 Å². The third-order valence-electron chi connectivity index (χ3n) is 2.93. The Morgan fingerprint density at radius 3 is 2.76 bits per heavy atom. The monoisotopic (exact) mass is 233 g/mol. The van der Waals surface area contributed by atoms with Crippen molar-refractivity contribution >= 4 is 17.4 Å². The molecule has 1 aromatic rings. The average molecular weight is 233 g/mol. The number of hydrogen-bond donors (Lipinski definition) is 0. The van der Waals surface area contributed by atoms with Crippen LogP contribution in [0.3, 0.4) is 0 Å². The zero-order valence-electron chi connectivity index (χ0n) is 9.14. The Bertz CT molecular complexity index is 497. The number of carbonyl (C=O) groups excluding carboxylic acids is 2. The van der Waals surface area contributed by atoms with Gasteiger partial charge in [-0.15, -0.1) is 0 Å². The van der Waals surface area contributed by atoms with Crippen LogP contribution in [-0.2, 0) is 9.59 Å². The van der Waals surface area contributed by atoms with Crippen molar-refractivity contribution in [3.63, 3.8) is 0 Å². The van der Waals surface area contributed by atoms with Gasteiger partial charge in [-0.05, 0) is 12.1 Å². The Kier molecular flexibility index (Phi) is 2.24. The number of rotatable bonds is 1. The number of benzene rings is 1. The first-order valence-corrected chi connectivity index (χ1v) is 5.46. The largest absolute Gasteiger partial charge is 0.454 e. The molecular formula is C12H11NO4. The molecule has 0 saturated carbocycles. The molecule has 17 heavy (non-hydrogen) atoms. The van der Waals surface area contributed by atoms with Crippen LogP contribution in [0.5, 0.6) is 11.5 Å². The summed E-state index contributed by atoms with van der Waals surface area (Å²) in [5.41, 5.74) is 0.756. The summed E-state index contributed by atoms with van der Waals surface area (Å²) in [6.07, 6.45) is 0.411. The molecule has 0 atom stereocenters. The second-order valence-corrected chi connectivity index (χ2v) is 4.05. The van der Waals surface area contributed by atoms with E-state index in [1.54, 1.807) is 23.1 Å². The van der Waals surface area contributed by atoms with E-state index in [1.165, 1.54) is 0 Å². The molecule has 1 amide bonds. The molecule has 0 unspecified atom stereocenters. The van der Waals surface area contributed by atoms with Gasteiger partial charge in [0.2, 0.25) is 12.7 Å². The van der Waals surface area contributed by atoms with Crippen molar-refractivity contribution in [2.24, 2.45) is 0 Å². The molecule has 5 heteroatoms. The minimum Gasteiger partial charge on any atom is -0.454 e. The van der Waals surface area contributed by atoms with E-state index in [2.05, 4.69) is 0 Å². The van der Waals surface area contributed by atoms with E-state index in [9.17, 15) is 9.59 Å². The minimum absolute atomic E-state index is 0.00551. The van der Waals surface area contributed by atoms with Crippen molar-refractivity contribution < 1.29 is 19.1 Å². The summed E-state index contributed by atoms with van der Waals surface area (Å²) in [5, 5.41) is 0. The summed E-state index contributed by atoms with van der Waals surface area (Å²) < 4.78 is 10.5. The lowest BCUT2D eigenvalue weighted by atomic mass is 10.1. The normalized spacial score (nSPS) is 18.7. The van der Waals surface area contributed by atoms with E-state index < -0.39 is 0 Å². The predicted molar refractivity (Wildman–Crippen MR) is 59.2 cm³/mol. The maximum Gasteiger partial charge on any atom is 0.234 e. The maximum absolute atomic E-state index is 11.7. The number of Topliss-reactive ketones (excluding diaryl/α,β-unsaturated/α-hetero) is 1. The van der Waals surface area contributed by atoms with Gasteiger partial charge in [0.15, 0.2) is 11.5 Å². The fraction of sp³-hybridized carbons (Fsp3) is 0.333. The van der Waals surface area contributed by atoms with Gasteiger partial charge >= 0.3 is 0 Å². The van der Waals surface area contributed by atoms with Gasteiger partial charge in [-0.1, -0.05) is 0 Å². The lowest BCUT2D eigenvalue weighted by molar-refractivity contribution is -0.128. The highest BCUT2D eigenvalue weighted by Gasteiger charge is 2.26. The van der Waals surface area contributed by atoms with Crippen LogP contribution < -0.4 is 14.4 Å². The predicted octanol–water partition coefficient (Wildman–Crippen LogP) is 1.11. The number of nitrogens with zero attached hydrogens (tertiary/aromatic N) is 1. The van der Waals surface area contributed by atoms with Gasteiger partial charge in [0.05, 0.1) is 6.42 Å². The Morgan fingerprint density at radius 2 is 1.94 bits per heavy atom. The van der Waals surface area contributed by atoms with Crippen LogP contribution >= 0.6 is 0 Å². The van der Waals surface area contributed by atoms with Gasteiger partial charge in [-0.25, -0.2) is 0 Å². The molecule has 1 saturated heterocycles. The van der Waals surface area contributed by atoms with Crippen LogP contribution in [-0.4, -0.2) is 25.0 Å². The first kappa shape index (κ1) is 10.1. The maximum atomic E-state index is 11.7. The number of carbonyl (C=O) groups is 2. The van der Waals surface area contributed by atoms with Crippen LogP contribution in [0, 0.1) is 0 Å². The van der Waals surface area contributed by atoms with Crippen LogP contribution in [0.1, 0.15) is 12.8 Å². The summed E-state index contributed by atoms with van der Waals surface area (Å²) >= 11 is 0. The second kappa shape index (κ2) is 3.76. The van der Waals surface area contributed by atoms with Crippen molar-refractivity contribution in [1.82, 2.24) is 0 Å². The molecule has 2 aliphatic heterocycles. The molecule has 88 valence electrons. The number of piperidine rings is 1. The summed E-state index contributed by atoms with van der Waals surface area (Å²) in [5.74, 6) is 1.19. The van der Waals surface area contributed by atoms with Crippen molar-refractivity contribution in [2.45, 2.75) is 12.8 Å². The lowest BCUT2D eigenvalue weighted by Gasteiger charge is -2.26. The van der Waals surface area contributed by atoms with Gasteiger partial charge < -0.3 is 14.4 Å². The van der Waals surface area contributed by atoms with Crippen molar-refractivity contribution in [2.75, 3.05) is 18.2 Å². The van der Waals surface area contributed by atoms with Crippen LogP contribution in [0.4, 0.5) is 5.69 Å². The number of fused-ring (bicyclic) bond motifs is 1. The number of ether oxygens (including phenoxy) is 2. The average Bonchev–Trinajstić information content (AvgIpc) is 2.75. The van der Waals surface area contributed by atoms with Crippen molar-refractivity contribution in [3.8, 4) is 11.5 Å². The molecule has 1 fully saturated rings. The quantitative estimate of drug-likeness (QED) is 0.682. The van der Waals surface area contributed by atoms with Crippen molar-refractivity contribution in [1.29, 1.82) is 0 Å². The lowest BCUT2D eigenvalue weighted by Crippen LogP contribution is -2.38. The van der Waals surface area contributed by atoms with Crippen molar-refractivity contribution in [3.05, 3.63) is 18.2 Å². The number of ketones is 1. The van der Waals surface area contributed by atoms with E-state index in [1.807, 2.05) is 0 Å². The molecule has 5 nitrogen and oxygen atoms in total. The van der Waals surface area contributed by atoms with Gasteiger partial charge in [0.25, 0.3) is 0 Å². The van der Waals surface area contributed by atoms with Gasteiger partial charge in [-0.2, -0.15) is 0 Å². The molecular weight excluding hydrogens is 222 g/mol. The standard InChI is InChI=1S/C12H11NO4/c14-9-3-4-13(12(15)6-9)8-1-2-10-11(5-8)17-7-16-10/h1-2,5H,3-4,6-7H2. The van der Waals surface area contributed by atoms with E-state index in [0.717, 1.165) is 5.69 Å². The van der Waals surface area contributed by atoms with Gasteiger partial charge in [0, 0.05) is 24.7 Å². The second-order valence-electron chi connectivity index (χ2n) is 4.05. The van der Waals surface area contributed by atoms with E-state index in [-0.39, 0.29) is 24.9 Å². The third kappa shape index (κ3) is 1.73. The molecule has 2 heterocycles. The summed E-state index contributed by atoms with van der Waals surface area (Å²) in [4.78, 5) is 24.5. The Hall–Kier alpha value is -2.04. The molecule has 0 bridgehead atoms. The molecule has 0 spiro atoms. The zero-order chi connectivity index (χ0) is 11.8. The third-order valence-corrected chi connectivity index (χ3v) is 2.93. The molecule has 0 radical (unpaired) electrons. The Morgan fingerprint density at radius 1 is 1.12 bits per heavy atom. The first-order chi connectivity index (χ1) is 8.24. The van der Waals surface area contributed by atoms with Gasteiger partial charge in [0.1, 0.15) is 5.78 Å². The molecule has 1 aromatic carbocycles. The molecule has 0 aliphatic carbocycles. The Balaban J connectivity index is 1.89. The first-order valence-electron chi connectivity index (χ1n) is 5.46. The fourth-order valence-electron chi connectivity index (χ4n) is 2.04. The molecule has 0 N–H and O–H groups in total. The highest BCUT2D eigenvalue weighted by molar-refractivity contribution is 6.08. The highest BCUT2D eigenvalue weighted by atomic mass is 16.7. The minimum atomic E-state index is -0.153. The Labute approximate surface area is 97.9 Å². The van der Waals surface area contributed by atoms with Crippen LogP contribution in [0.25, 0.3) is 0 Å². The van der Waals surface area contributed by atoms with E-state index in [4.69, 9.17) is 9.47 Å². The number of amides is 1. The molecule has 3 rings (SSSR count). The topological polar surface area (TPSA) is 55.8 Å². The number of hydrogen-bond acceptors (Lipinski definition) is 4. The van der Waals surface area contributed by atoms with E-state index >= 15 is 0 Å². The SMILES string of the molecule is O=C1CCN(c2ccc3c(c2)OCO3)C(=O)C1. The summed E-state index contributed by atoms with van der Waals surface area (Å²) in [6, 6.07) is 5.36. The van der Waals surface area contributed by atoms with Crippen LogP contribution in [0.15, 0.2) is 18.2 Å². The number of anilines is 1. The molecule has 0 aromatic heterocycles. The smallest absolute Gasteiger partial charge is 0.234 e. The van der Waals surface area contributed by atoms with Gasteiger partial charge in [-0.3, -0.25) is 9.59 Å². The zero-order valence-corrected chi connectivity index (χ0v) is 9.14.